The van der Waals surface area contributed by atoms with Crippen molar-refractivity contribution < 1.29 is 28.6 Å². The summed E-state index contributed by atoms with van der Waals surface area (Å²) in [5.74, 6) is -0.920. The van der Waals surface area contributed by atoms with Crippen LogP contribution in [0.15, 0.2) is 0 Å². The molecule has 7 nitrogen and oxygen atoms in total. The van der Waals surface area contributed by atoms with Crippen molar-refractivity contribution in [1.29, 1.82) is 0 Å². The van der Waals surface area contributed by atoms with Gasteiger partial charge in [0.15, 0.2) is 0 Å². The van der Waals surface area contributed by atoms with E-state index in [1.165, 1.54) is 6.92 Å². The minimum absolute atomic E-state index is 0.0944. The number of amides is 1. The van der Waals surface area contributed by atoms with Gasteiger partial charge in [-0.05, 0) is 39.0 Å². The summed E-state index contributed by atoms with van der Waals surface area (Å²) in [4.78, 5) is 35.4. The molecule has 0 spiro atoms. The maximum atomic E-state index is 12.1. The Morgan fingerprint density at radius 2 is 1.54 bits per heavy atom. The van der Waals surface area contributed by atoms with Gasteiger partial charge in [-0.1, -0.05) is 27.7 Å². The molecule has 7 heteroatoms. The van der Waals surface area contributed by atoms with Gasteiger partial charge >= 0.3 is 18.0 Å². The normalized spacial score (nSPS) is 13.9. The fourth-order valence-electron chi connectivity index (χ4n) is 2.24. The number of carbonyl (C=O) groups is 3. The van der Waals surface area contributed by atoms with Crippen molar-refractivity contribution in [3.05, 3.63) is 0 Å². The SMILES string of the molecule is CC(C)C[C@H](CNC(=O)OC(C)(C)C)CC(=O)OC(C)OC(=O)C(C)C. The molecule has 0 saturated carbocycles. The number of alkyl carbamates (subject to hydrolysis) is 1. The van der Waals surface area contributed by atoms with Crippen LogP contribution in [0, 0.1) is 17.8 Å². The zero-order valence-electron chi connectivity index (χ0n) is 17.4. The Hall–Kier alpha value is -1.79. The third-order valence-electron chi connectivity index (χ3n) is 3.24. The standard InChI is InChI=1S/C19H35NO6/c1-12(2)9-15(11-20-18(23)26-19(6,7)8)10-16(21)24-14(5)25-17(22)13(3)4/h12-15H,9-11H2,1-8H3,(H,20,23)/t14?,15-/m0/s1. The second-order valence-electron chi connectivity index (χ2n) is 8.23. The van der Waals surface area contributed by atoms with Crippen LogP contribution < -0.4 is 5.32 Å². The molecule has 0 heterocycles. The monoisotopic (exact) mass is 373 g/mol. The highest BCUT2D eigenvalue weighted by molar-refractivity contribution is 5.73. The highest BCUT2D eigenvalue weighted by Gasteiger charge is 2.22. The Kier molecular flexibility index (Phi) is 10.3. The summed E-state index contributed by atoms with van der Waals surface area (Å²) < 4.78 is 15.4. The van der Waals surface area contributed by atoms with Gasteiger partial charge in [-0.2, -0.15) is 0 Å². The predicted molar refractivity (Wildman–Crippen MR) is 98.3 cm³/mol. The van der Waals surface area contributed by atoms with E-state index in [1.54, 1.807) is 34.6 Å². The van der Waals surface area contributed by atoms with Crippen molar-refractivity contribution in [2.75, 3.05) is 6.54 Å². The van der Waals surface area contributed by atoms with Crippen LogP contribution in [0.3, 0.4) is 0 Å². The van der Waals surface area contributed by atoms with Crippen molar-refractivity contribution in [3.63, 3.8) is 0 Å². The lowest BCUT2D eigenvalue weighted by atomic mass is 9.94. The molecule has 1 amide bonds. The van der Waals surface area contributed by atoms with Crippen molar-refractivity contribution in [2.45, 2.75) is 80.1 Å². The second kappa shape index (κ2) is 11.0. The molecule has 0 aromatic rings. The van der Waals surface area contributed by atoms with E-state index in [0.29, 0.717) is 12.5 Å². The van der Waals surface area contributed by atoms with Crippen LogP contribution >= 0.6 is 0 Å². The fraction of sp³-hybridized carbons (Fsp3) is 0.842. The smallest absolute Gasteiger partial charge is 0.407 e. The number of rotatable bonds is 9. The first kappa shape index (κ1) is 24.2. The minimum Gasteiger partial charge on any atom is -0.444 e. The minimum atomic E-state index is -0.934. The van der Waals surface area contributed by atoms with E-state index in [2.05, 4.69) is 5.32 Å². The lowest BCUT2D eigenvalue weighted by molar-refractivity contribution is -0.187. The Bertz CT molecular complexity index is 467. The first-order chi connectivity index (χ1) is 11.8. The largest absolute Gasteiger partial charge is 0.444 e. The molecule has 0 aliphatic rings. The van der Waals surface area contributed by atoms with Crippen LogP contribution in [0.1, 0.15) is 68.2 Å². The van der Waals surface area contributed by atoms with Crippen LogP contribution in [-0.2, 0) is 23.8 Å². The molecule has 2 atom stereocenters. The molecule has 0 rings (SSSR count). The van der Waals surface area contributed by atoms with Gasteiger partial charge in [0.1, 0.15) is 5.60 Å². The summed E-state index contributed by atoms with van der Waals surface area (Å²) in [6, 6.07) is 0. The van der Waals surface area contributed by atoms with Gasteiger partial charge in [-0.3, -0.25) is 9.59 Å². The zero-order chi connectivity index (χ0) is 20.5. The van der Waals surface area contributed by atoms with Crippen molar-refractivity contribution in [1.82, 2.24) is 5.32 Å². The molecule has 0 bridgehead atoms. The Morgan fingerprint density at radius 1 is 0.962 bits per heavy atom. The fourth-order valence-corrected chi connectivity index (χ4v) is 2.24. The number of esters is 2. The Balaban J connectivity index is 4.53. The lowest BCUT2D eigenvalue weighted by Crippen LogP contribution is -2.36. The Morgan fingerprint density at radius 3 is 2.00 bits per heavy atom. The molecule has 0 aromatic carbocycles. The van der Waals surface area contributed by atoms with E-state index in [4.69, 9.17) is 14.2 Å². The average Bonchev–Trinajstić information content (AvgIpc) is 2.41. The van der Waals surface area contributed by atoms with E-state index in [1.807, 2.05) is 13.8 Å². The topological polar surface area (TPSA) is 90.9 Å². The molecule has 0 saturated heterocycles. The second-order valence-corrected chi connectivity index (χ2v) is 8.23. The number of nitrogens with one attached hydrogen (secondary N) is 1. The third-order valence-corrected chi connectivity index (χ3v) is 3.24. The summed E-state index contributed by atoms with van der Waals surface area (Å²) in [6.07, 6.45) is -0.586. The highest BCUT2D eigenvalue weighted by atomic mass is 16.7. The van der Waals surface area contributed by atoms with Crippen LogP contribution in [0.5, 0.6) is 0 Å². The average molecular weight is 373 g/mol. The first-order valence-electron chi connectivity index (χ1n) is 9.17. The highest BCUT2D eigenvalue weighted by Crippen LogP contribution is 2.17. The molecular weight excluding hydrogens is 338 g/mol. The maximum Gasteiger partial charge on any atom is 0.407 e. The van der Waals surface area contributed by atoms with Crippen LogP contribution in [-0.4, -0.2) is 36.5 Å². The summed E-state index contributed by atoms with van der Waals surface area (Å²) in [5, 5.41) is 2.70. The van der Waals surface area contributed by atoms with Crippen LogP contribution in [0.2, 0.25) is 0 Å². The molecule has 0 aliphatic heterocycles. The number of hydrogen-bond donors (Lipinski definition) is 1. The molecule has 0 fully saturated rings. The van der Waals surface area contributed by atoms with Crippen LogP contribution in [0.25, 0.3) is 0 Å². The number of hydrogen-bond acceptors (Lipinski definition) is 6. The summed E-state index contributed by atoms with van der Waals surface area (Å²) >= 11 is 0. The third kappa shape index (κ3) is 12.6. The van der Waals surface area contributed by atoms with Crippen LogP contribution in [0.4, 0.5) is 4.79 Å². The molecule has 1 unspecified atom stereocenters. The van der Waals surface area contributed by atoms with Crippen molar-refractivity contribution in [2.24, 2.45) is 17.8 Å². The van der Waals surface area contributed by atoms with Gasteiger partial charge in [-0.15, -0.1) is 0 Å². The first-order valence-corrected chi connectivity index (χ1v) is 9.17. The van der Waals surface area contributed by atoms with Gasteiger partial charge < -0.3 is 19.5 Å². The van der Waals surface area contributed by atoms with Gasteiger partial charge in [0.05, 0.1) is 12.3 Å². The van der Waals surface area contributed by atoms with E-state index in [-0.39, 0.29) is 18.3 Å². The molecule has 0 aromatic heterocycles. The molecular formula is C19H35NO6. The van der Waals surface area contributed by atoms with Gasteiger partial charge in [0.2, 0.25) is 6.29 Å². The van der Waals surface area contributed by atoms with Crippen molar-refractivity contribution >= 4 is 18.0 Å². The Labute approximate surface area is 157 Å². The molecule has 1 N–H and O–H groups in total. The zero-order valence-corrected chi connectivity index (χ0v) is 17.4. The summed E-state index contributed by atoms with van der Waals surface area (Å²) in [7, 11) is 0. The molecule has 0 aliphatic carbocycles. The number of carbonyl (C=O) groups excluding carboxylic acids is 3. The van der Waals surface area contributed by atoms with Gasteiger partial charge in [-0.25, -0.2) is 4.79 Å². The maximum absolute atomic E-state index is 12.1. The van der Waals surface area contributed by atoms with E-state index < -0.39 is 29.9 Å². The molecule has 0 radical (unpaired) electrons. The van der Waals surface area contributed by atoms with E-state index >= 15 is 0 Å². The van der Waals surface area contributed by atoms with E-state index in [0.717, 1.165) is 6.42 Å². The summed E-state index contributed by atoms with van der Waals surface area (Å²) in [5.41, 5.74) is -0.577. The van der Waals surface area contributed by atoms with Gasteiger partial charge in [0, 0.05) is 13.5 Å². The van der Waals surface area contributed by atoms with Crippen molar-refractivity contribution in [3.8, 4) is 0 Å². The molecule has 26 heavy (non-hydrogen) atoms. The predicted octanol–water partition coefficient (Wildman–Crippen LogP) is 3.65. The lowest BCUT2D eigenvalue weighted by Gasteiger charge is -2.23. The number of ether oxygens (including phenoxy) is 3. The van der Waals surface area contributed by atoms with E-state index in [9.17, 15) is 14.4 Å². The van der Waals surface area contributed by atoms with Gasteiger partial charge in [0.25, 0.3) is 0 Å². The quantitative estimate of drug-likeness (QED) is 0.490. The molecule has 152 valence electrons. The summed E-state index contributed by atoms with van der Waals surface area (Å²) in [6.45, 7) is 14.7.